The number of carbonyl (C=O) groups is 1. The van der Waals surface area contributed by atoms with Gasteiger partial charge in [0, 0.05) is 68.9 Å². The first kappa shape index (κ1) is 20.4. The first-order chi connectivity index (χ1) is 14.1. The maximum Gasteiger partial charge on any atom is 0.236 e. The molecule has 1 aromatic rings. The van der Waals surface area contributed by atoms with Gasteiger partial charge in [0.15, 0.2) is 5.96 Å². The first-order valence-corrected chi connectivity index (χ1v) is 10.9. The molecule has 0 aromatic heterocycles. The molecule has 2 unspecified atom stereocenters. The van der Waals surface area contributed by atoms with Crippen molar-refractivity contribution in [1.29, 1.82) is 0 Å². The van der Waals surface area contributed by atoms with E-state index in [0.29, 0.717) is 17.1 Å². The van der Waals surface area contributed by atoms with Gasteiger partial charge in [0.05, 0.1) is 6.54 Å². The van der Waals surface area contributed by atoms with Gasteiger partial charge in [-0.15, -0.1) is 0 Å². The molecule has 29 heavy (non-hydrogen) atoms. The van der Waals surface area contributed by atoms with Gasteiger partial charge < -0.3 is 15.1 Å². The van der Waals surface area contributed by atoms with Crippen LogP contribution in [-0.4, -0.2) is 85.5 Å². The number of carbonyl (C=O) groups excluding carboxylic acids is 1. The van der Waals surface area contributed by atoms with Crippen LogP contribution in [0.4, 0.5) is 4.39 Å². The second kappa shape index (κ2) is 8.88. The van der Waals surface area contributed by atoms with Crippen molar-refractivity contribution >= 4 is 23.5 Å². The summed E-state index contributed by atoms with van der Waals surface area (Å²) in [6.07, 6.45) is 3.10. The van der Waals surface area contributed by atoms with Crippen LogP contribution in [0.15, 0.2) is 23.2 Å². The minimum atomic E-state index is -0.238. The van der Waals surface area contributed by atoms with E-state index in [-0.39, 0.29) is 23.7 Å². The van der Waals surface area contributed by atoms with Crippen LogP contribution in [0.1, 0.15) is 30.7 Å². The van der Waals surface area contributed by atoms with E-state index in [0.717, 1.165) is 64.5 Å². The van der Waals surface area contributed by atoms with Gasteiger partial charge in [-0.05, 0) is 31.4 Å². The van der Waals surface area contributed by atoms with Crippen molar-refractivity contribution in [2.24, 2.45) is 4.99 Å². The van der Waals surface area contributed by atoms with Gasteiger partial charge in [-0.25, -0.2) is 4.39 Å². The highest BCUT2D eigenvalue weighted by Gasteiger charge is 2.42. The lowest BCUT2D eigenvalue weighted by Gasteiger charge is -2.36. The molecule has 8 heteroatoms. The molecule has 3 aliphatic rings. The van der Waals surface area contributed by atoms with Crippen molar-refractivity contribution in [2.45, 2.75) is 31.2 Å². The Balaban J connectivity index is 1.26. The number of rotatable bonds is 4. The predicted molar refractivity (Wildman–Crippen MR) is 113 cm³/mol. The molecule has 4 rings (SSSR count). The Labute approximate surface area is 176 Å². The molecular weight excluding hydrogens is 393 g/mol. The predicted octanol–water partition coefficient (Wildman–Crippen LogP) is 2.15. The van der Waals surface area contributed by atoms with Crippen LogP contribution in [-0.2, 0) is 4.79 Å². The zero-order valence-electron chi connectivity index (χ0n) is 16.9. The number of guanidine groups is 1. The molecule has 0 radical (unpaired) electrons. The smallest absolute Gasteiger partial charge is 0.236 e. The maximum absolute atomic E-state index is 14.2. The molecule has 0 bridgehead atoms. The molecule has 2 atom stereocenters. The van der Waals surface area contributed by atoms with E-state index in [2.05, 4.69) is 20.1 Å². The van der Waals surface area contributed by atoms with Crippen LogP contribution in [0.3, 0.4) is 0 Å². The number of halogens is 2. The highest BCUT2D eigenvalue weighted by molar-refractivity contribution is 6.31. The highest BCUT2D eigenvalue weighted by atomic mass is 35.5. The number of amides is 1. The van der Waals surface area contributed by atoms with Crippen molar-refractivity contribution in [3.05, 3.63) is 34.6 Å². The maximum atomic E-state index is 14.2. The molecule has 3 fully saturated rings. The lowest BCUT2D eigenvalue weighted by molar-refractivity contribution is -0.131. The number of hydrogen-bond acceptors (Lipinski definition) is 3. The van der Waals surface area contributed by atoms with Crippen molar-refractivity contribution in [3.63, 3.8) is 0 Å². The average Bonchev–Trinajstić information content (AvgIpc) is 3.23. The first-order valence-electron chi connectivity index (χ1n) is 10.5. The molecule has 2 aliphatic heterocycles. The summed E-state index contributed by atoms with van der Waals surface area (Å²) in [6.45, 7) is 5.65. The largest absolute Gasteiger partial charge is 0.353 e. The second-order valence-electron chi connectivity index (χ2n) is 8.13. The number of nitrogens with one attached hydrogen (secondary N) is 1. The molecule has 0 spiro atoms. The topological polar surface area (TPSA) is 51.2 Å². The lowest BCUT2D eigenvalue weighted by Crippen LogP contribution is -2.54. The summed E-state index contributed by atoms with van der Waals surface area (Å²) in [5.74, 6) is 0.939. The number of hydrogen-bond donors (Lipinski definition) is 1. The van der Waals surface area contributed by atoms with Crippen LogP contribution in [0.5, 0.6) is 0 Å². The Morgan fingerprint density at radius 1 is 1.17 bits per heavy atom. The molecule has 1 saturated carbocycles. The van der Waals surface area contributed by atoms with Gasteiger partial charge >= 0.3 is 0 Å². The number of piperazine rings is 1. The summed E-state index contributed by atoms with van der Waals surface area (Å²) in [4.78, 5) is 23.2. The van der Waals surface area contributed by atoms with E-state index in [1.807, 2.05) is 4.90 Å². The number of aliphatic imine (C=N–C) groups is 1. The molecule has 6 nitrogen and oxygen atoms in total. The second-order valence-corrected chi connectivity index (χ2v) is 8.53. The highest BCUT2D eigenvalue weighted by Crippen LogP contribution is 2.45. The van der Waals surface area contributed by atoms with Crippen LogP contribution >= 0.6 is 11.6 Å². The fourth-order valence-electron chi connectivity index (χ4n) is 4.38. The van der Waals surface area contributed by atoms with Crippen LogP contribution in [0, 0.1) is 5.82 Å². The summed E-state index contributed by atoms with van der Waals surface area (Å²) in [5.41, 5.74) is 0.604. The SMILES string of the molecule is CN=C(NC1CC1c1c(F)cccc1Cl)N1CCN(CC(=O)N2CCCC2)CC1. The fourth-order valence-corrected chi connectivity index (χ4v) is 4.68. The number of nitrogens with zero attached hydrogens (tertiary/aromatic N) is 4. The van der Waals surface area contributed by atoms with Crippen LogP contribution in [0.25, 0.3) is 0 Å². The van der Waals surface area contributed by atoms with Gasteiger partial charge in [-0.2, -0.15) is 0 Å². The molecule has 1 N–H and O–H groups in total. The minimum Gasteiger partial charge on any atom is -0.353 e. The summed E-state index contributed by atoms with van der Waals surface area (Å²) < 4.78 is 14.2. The molecule has 1 aliphatic carbocycles. The van der Waals surface area contributed by atoms with Crippen molar-refractivity contribution in [3.8, 4) is 0 Å². The third kappa shape index (κ3) is 4.67. The van der Waals surface area contributed by atoms with Crippen LogP contribution in [0.2, 0.25) is 5.02 Å². The Morgan fingerprint density at radius 3 is 2.55 bits per heavy atom. The molecule has 1 amide bonds. The van der Waals surface area contributed by atoms with E-state index in [4.69, 9.17) is 11.6 Å². The van der Waals surface area contributed by atoms with Crippen molar-refractivity contribution in [1.82, 2.24) is 20.0 Å². The Kier molecular flexibility index (Phi) is 6.25. The summed E-state index contributed by atoms with van der Waals surface area (Å²) in [6, 6.07) is 5.00. The molecule has 2 saturated heterocycles. The van der Waals surface area contributed by atoms with Gasteiger partial charge in [0.2, 0.25) is 5.91 Å². The third-order valence-corrected chi connectivity index (χ3v) is 6.51. The van der Waals surface area contributed by atoms with E-state index < -0.39 is 0 Å². The summed E-state index contributed by atoms with van der Waals surface area (Å²) in [7, 11) is 1.78. The Morgan fingerprint density at radius 2 is 1.90 bits per heavy atom. The zero-order valence-corrected chi connectivity index (χ0v) is 17.7. The monoisotopic (exact) mass is 421 g/mol. The van der Waals surface area contributed by atoms with Crippen molar-refractivity contribution < 1.29 is 9.18 Å². The summed E-state index contributed by atoms with van der Waals surface area (Å²) >= 11 is 6.21. The zero-order chi connectivity index (χ0) is 20.4. The van der Waals surface area contributed by atoms with Gasteiger partial charge in [0.1, 0.15) is 5.82 Å². The average molecular weight is 422 g/mol. The van der Waals surface area contributed by atoms with E-state index in [9.17, 15) is 9.18 Å². The van der Waals surface area contributed by atoms with E-state index in [1.165, 1.54) is 6.07 Å². The summed E-state index contributed by atoms with van der Waals surface area (Å²) in [5, 5.41) is 3.96. The Hall–Kier alpha value is -1.86. The van der Waals surface area contributed by atoms with Crippen molar-refractivity contribution in [2.75, 3.05) is 52.9 Å². The Bertz CT molecular complexity index is 754. The normalized spacial score (nSPS) is 25.4. The van der Waals surface area contributed by atoms with Gasteiger partial charge in [-0.3, -0.25) is 14.7 Å². The van der Waals surface area contributed by atoms with E-state index in [1.54, 1.807) is 19.2 Å². The van der Waals surface area contributed by atoms with Gasteiger partial charge in [0.25, 0.3) is 0 Å². The van der Waals surface area contributed by atoms with E-state index >= 15 is 0 Å². The van der Waals surface area contributed by atoms with Gasteiger partial charge in [-0.1, -0.05) is 17.7 Å². The molecule has 1 aromatic carbocycles. The minimum absolute atomic E-state index is 0.0832. The quantitative estimate of drug-likeness (QED) is 0.598. The van der Waals surface area contributed by atoms with Crippen LogP contribution < -0.4 is 5.32 Å². The third-order valence-electron chi connectivity index (χ3n) is 6.18. The number of benzene rings is 1. The molecular formula is C21H29ClFN5O. The number of likely N-dealkylation sites (tertiary alicyclic amines) is 1. The lowest BCUT2D eigenvalue weighted by atomic mass is 10.1. The fraction of sp³-hybridized carbons (Fsp3) is 0.619. The molecule has 2 heterocycles. The molecule has 158 valence electrons. The standard InChI is InChI=1S/C21H29ClFN5O/c1-24-21(25-18-13-15(18)20-16(22)5-4-6-17(20)23)28-11-9-26(10-12-28)14-19(29)27-7-2-3-8-27/h4-6,15,18H,2-3,7-14H2,1H3,(H,24,25).